The molecule has 1 atom stereocenters. The fourth-order valence-electron chi connectivity index (χ4n) is 2.98. The van der Waals surface area contributed by atoms with Gasteiger partial charge in [0, 0.05) is 13.1 Å². The number of benzene rings is 1. The Hall–Kier alpha value is -1.06. The van der Waals surface area contributed by atoms with Gasteiger partial charge in [0.05, 0.1) is 6.61 Å². The number of piperidine rings is 1. The molecule has 2 rings (SSSR count). The Morgan fingerprint density at radius 1 is 1.24 bits per heavy atom. The first-order valence-electron chi connectivity index (χ1n) is 8.46. The largest absolute Gasteiger partial charge is 0.494 e. The van der Waals surface area contributed by atoms with E-state index in [9.17, 15) is 0 Å². The van der Waals surface area contributed by atoms with Crippen LogP contribution in [0.4, 0.5) is 0 Å². The third-order valence-corrected chi connectivity index (χ3v) is 4.28. The van der Waals surface area contributed by atoms with Crippen LogP contribution in [0.25, 0.3) is 0 Å². The molecule has 1 aromatic rings. The summed E-state index contributed by atoms with van der Waals surface area (Å²) in [5.74, 6) is 1.67. The van der Waals surface area contributed by atoms with Gasteiger partial charge in [0.1, 0.15) is 5.75 Å². The van der Waals surface area contributed by atoms with Gasteiger partial charge in [-0.2, -0.15) is 0 Å². The number of hydrogen-bond acceptors (Lipinski definition) is 3. The highest BCUT2D eigenvalue weighted by Crippen LogP contribution is 2.19. The molecule has 0 aromatic heterocycles. The molecule has 21 heavy (non-hydrogen) atoms. The van der Waals surface area contributed by atoms with Crippen molar-refractivity contribution in [2.75, 3.05) is 26.2 Å². The molecule has 0 aliphatic carbocycles. The van der Waals surface area contributed by atoms with Gasteiger partial charge in [-0.05, 0) is 56.0 Å². The fourth-order valence-corrected chi connectivity index (χ4v) is 2.98. The predicted molar refractivity (Wildman–Crippen MR) is 88.5 cm³/mol. The third kappa shape index (κ3) is 5.68. The minimum atomic E-state index is 0.680. The Morgan fingerprint density at radius 2 is 2.05 bits per heavy atom. The van der Waals surface area contributed by atoms with Crippen molar-refractivity contribution >= 4 is 0 Å². The van der Waals surface area contributed by atoms with E-state index in [4.69, 9.17) is 10.5 Å². The highest BCUT2D eigenvalue weighted by Gasteiger charge is 2.18. The summed E-state index contributed by atoms with van der Waals surface area (Å²) in [5, 5.41) is 0. The molecule has 1 heterocycles. The summed E-state index contributed by atoms with van der Waals surface area (Å²) in [6.45, 7) is 7.24. The standard InChI is InChI=1S/C18H30N2O/c1-2-3-4-12-21-18-9-7-16(8-10-18)14-20-11-5-6-17(13-19)15-20/h7-10,17H,2-6,11-15,19H2,1H3. The van der Waals surface area contributed by atoms with Gasteiger partial charge >= 0.3 is 0 Å². The molecule has 0 bridgehead atoms. The normalized spacial score (nSPS) is 19.6. The molecule has 0 radical (unpaired) electrons. The molecule has 1 unspecified atom stereocenters. The molecule has 1 fully saturated rings. The second-order valence-electron chi connectivity index (χ2n) is 6.18. The van der Waals surface area contributed by atoms with Gasteiger partial charge in [-0.25, -0.2) is 0 Å². The number of likely N-dealkylation sites (tertiary alicyclic amines) is 1. The van der Waals surface area contributed by atoms with Crippen LogP contribution >= 0.6 is 0 Å². The smallest absolute Gasteiger partial charge is 0.119 e. The van der Waals surface area contributed by atoms with E-state index in [1.807, 2.05) is 0 Å². The minimum absolute atomic E-state index is 0.680. The zero-order chi connectivity index (χ0) is 14.9. The summed E-state index contributed by atoms with van der Waals surface area (Å²) in [6, 6.07) is 8.60. The van der Waals surface area contributed by atoms with Crippen molar-refractivity contribution in [3.8, 4) is 5.75 Å². The van der Waals surface area contributed by atoms with Crippen LogP contribution in [-0.2, 0) is 6.54 Å². The SMILES string of the molecule is CCCCCOc1ccc(CN2CCCC(CN)C2)cc1. The maximum atomic E-state index is 5.80. The van der Waals surface area contributed by atoms with E-state index in [-0.39, 0.29) is 0 Å². The molecule has 1 aliphatic heterocycles. The molecule has 1 aliphatic rings. The minimum Gasteiger partial charge on any atom is -0.494 e. The lowest BCUT2D eigenvalue weighted by Crippen LogP contribution is -2.37. The zero-order valence-electron chi connectivity index (χ0n) is 13.4. The van der Waals surface area contributed by atoms with Crippen molar-refractivity contribution in [3.05, 3.63) is 29.8 Å². The van der Waals surface area contributed by atoms with E-state index in [0.29, 0.717) is 5.92 Å². The first-order chi connectivity index (χ1) is 10.3. The number of hydrogen-bond donors (Lipinski definition) is 1. The Labute approximate surface area is 129 Å². The second-order valence-corrected chi connectivity index (χ2v) is 6.18. The molecule has 0 saturated carbocycles. The first kappa shape index (κ1) is 16.3. The fraction of sp³-hybridized carbons (Fsp3) is 0.667. The molecule has 118 valence electrons. The van der Waals surface area contributed by atoms with E-state index in [2.05, 4.69) is 36.1 Å². The van der Waals surface area contributed by atoms with Gasteiger partial charge in [-0.1, -0.05) is 31.9 Å². The Morgan fingerprint density at radius 3 is 2.76 bits per heavy atom. The Balaban J connectivity index is 1.76. The summed E-state index contributed by atoms with van der Waals surface area (Å²) in [7, 11) is 0. The average Bonchev–Trinajstić information content (AvgIpc) is 2.53. The lowest BCUT2D eigenvalue weighted by atomic mass is 9.98. The third-order valence-electron chi connectivity index (χ3n) is 4.28. The lowest BCUT2D eigenvalue weighted by molar-refractivity contribution is 0.171. The van der Waals surface area contributed by atoms with E-state index < -0.39 is 0 Å². The van der Waals surface area contributed by atoms with Gasteiger partial charge < -0.3 is 10.5 Å². The van der Waals surface area contributed by atoms with E-state index >= 15 is 0 Å². The molecule has 2 N–H and O–H groups in total. The van der Waals surface area contributed by atoms with Crippen LogP contribution in [0.1, 0.15) is 44.6 Å². The summed E-state index contributed by atoms with van der Waals surface area (Å²) >= 11 is 0. The van der Waals surface area contributed by atoms with Crippen LogP contribution in [0.15, 0.2) is 24.3 Å². The summed E-state index contributed by atoms with van der Waals surface area (Å²) in [6.07, 6.45) is 6.20. The average molecular weight is 290 g/mol. The second kappa shape index (κ2) is 9.06. The van der Waals surface area contributed by atoms with Gasteiger partial charge in [0.25, 0.3) is 0 Å². The van der Waals surface area contributed by atoms with Crippen molar-refractivity contribution in [1.29, 1.82) is 0 Å². The van der Waals surface area contributed by atoms with Crippen LogP contribution < -0.4 is 10.5 Å². The number of rotatable bonds is 8. The molecule has 3 heteroatoms. The first-order valence-corrected chi connectivity index (χ1v) is 8.46. The molecule has 0 spiro atoms. The number of ether oxygens (including phenoxy) is 1. The summed E-state index contributed by atoms with van der Waals surface area (Å²) in [4.78, 5) is 2.53. The number of nitrogens with two attached hydrogens (primary N) is 1. The van der Waals surface area contributed by atoms with Crippen molar-refractivity contribution in [2.45, 2.75) is 45.6 Å². The van der Waals surface area contributed by atoms with Crippen LogP contribution in [0.2, 0.25) is 0 Å². The maximum Gasteiger partial charge on any atom is 0.119 e. The monoisotopic (exact) mass is 290 g/mol. The molecule has 1 saturated heterocycles. The molecular formula is C18H30N2O. The van der Waals surface area contributed by atoms with Gasteiger partial charge in [0.2, 0.25) is 0 Å². The molecule has 1 aromatic carbocycles. The number of nitrogens with zero attached hydrogens (tertiary/aromatic N) is 1. The summed E-state index contributed by atoms with van der Waals surface area (Å²) < 4.78 is 5.76. The number of unbranched alkanes of at least 4 members (excludes halogenated alkanes) is 2. The van der Waals surface area contributed by atoms with Crippen molar-refractivity contribution in [3.63, 3.8) is 0 Å². The van der Waals surface area contributed by atoms with Gasteiger partial charge in [0.15, 0.2) is 0 Å². The topological polar surface area (TPSA) is 38.5 Å². The molecule has 3 nitrogen and oxygen atoms in total. The van der Waals surface area contributed by atoms with E-state index in [1.165, 1.54) is 37.8 Å². The van der Waals surface area contributed by atoms with Gasteiger partial charge in [-0.3, -0.25) is 4.90 Å². The van der Waals surface area contributed by atoms with Crippen molar-refractivity contribution in [2.24, 2.45) is 11.7 Å². The van der Waals surface area contributed by atoms with Crippen LogP contribution in [0.5, 0.6) is 5.75 Å². The highest BCUT2D eigenvalue weighted by atomic mass is 16.5. The molecular weight excluding hydrogens is 260 g/mol. The Kier molecular flexibility index (Phi) is 7.04. The quantitative estimate of drug-likeness (QED) is 0.746. The molecule has 0 amide bonds. The van der Waals surface area contributed by atoms with E-state index in [1.54, 1.807) is 0 Å². The van der Waals surface area contributed by atoms with Crippen molar-refractivity contribution < 1.29 is 4.74 Å². The van der Waals surface area contributed by atoms with Gasteiger partial charge in [-0.15, -0.1) is 0 Å². The highest BCUT2D eigenvalue weighted by molar-refractivity contribution is 5.27. The zero-order valence-corrected chi connectivity index (χ0v) is 13.4. The summed E-state index contributed by atoms with van der Waals surface area (Å²) in [5.41, 5.74) is 7.17. The maximum absolute atomic E-state index is 5.80. The van der Waals surface area contributed by atoms with Crippen LogP contribution in [0.3, 0.4) is 0 Å². The predicted octanol–water partition coefficient (Wildman–Crippen LogP) is 3.43. The van der Waals surface area contributed by atoms with Crippen LogP contribution in [0, 0.1) is 5.92 Å². The van der Waals surface area contributed by atoms with Crippen LogP contribution in [-0.4, -0.2) is 31.1 Å². The lowest BCUT2D eigenvalue weighted by Gasteiger charge is -2.32. The van der Waals surface area contributed by atoms with Crippen molar-refractivity contribution in [1.82, 2.24) is 4.90 Å². The van der Waals surface area contributed by atoms with E-state index in [0.717, 1.165) is 38.4 Å². The Bertz CT molecular complexity index is 391.